The van der Waals surface area contributed by atoms with Crippen molar-refractivity contribution in [1.29, 1.82) is 0 Å². The van der Waals surface area contributed by atoms with E-state index in [1.165, 1.54) is 6.20 Å². The van der Waals surface area contributed by atoms with Gasteiger partial charge in [0.2, 0.25) is 5.82 Å². The van der Waals surface area contributed by atoms with Gasteiger partial charge in [0.05, 0.1) is 0 Å². The maximum atomic E-state index is 11.8. The van der Waals surface area contributed by atoms with Crippen LogP contribution in [0.25, 0.3) is 0 Å². The molecular formula is C11H10ClN5O. The van der Waals surface area contributed by atoms with Crippen LogP contribution in [-0.2, 0) is 0 Å². The summed E-state index contributed by atoms with van der Waals surface area (Å²) in [6.45, 7) is 0. The summed E-state index contributed by atoms with van der Waals surface area (Å²) >= 11 is 5.80. The van der Waals surface area contributed by atoms with Crippen LogP contribution in [0.2, 0.25) is 5.02 Å². The van der Waals surface area contributed by atoms with Crippen molar-refractivity contribution in [3.8, 4) is 0 Å². The molecule has 92 valence electrons. The number of hydrogen-bond acceptors (Lipinski definition) is 4. The number of nitrogens with zero attached hydrogens (tertiary/aromatic N) is 3. The van der Waals surface area contributed by atoms with Crippen LogP contribution in [0.15, 0.2) is 18.3 Å². The standard InChI is InChI=1S/C11H10ClN5O/c12-7-3-4-13-8(5-7)14-11(18)10-15-9(16-17-10)6-1-2-6/h3-6H,1-2H2,(H,13,14,18)(H,15,16,17). The lowest BCUT2D eigenvalue weighted by molar-refractivity contribution is 0.101. The first-order valence-electron chi connectivity index (χ1n) is 5.57. The third kappa shape index (κ3) is 2.33. The molecule has 0 spiro atoms. The van der Waals surface area contributed by atoms with E-state index in [2.05, 4.69) is 25.5 Å². The monoisotopic (exact) mass is 263 g/mol. The van der Waals surface area contributed by atoms with Gasteiger partial charge in [-0.15, -0.1) is 5.10 Å². The van der Waals surface area contributed by atoms with E-state index in [0.717, 1.165) is 18.7 Å². The summed E-state index contributed by atoms with van der Waals surface area (Å²) in [5, 5.41) is 9.76. The number of anilines is 1. The summed E-state index contributed by atoms with van der Waals surface area (Å²) in [5.41, 5.74) is 0. The molecular weight excluding hydrogens is 254 g/mol. The van der Waals surface area contributed by atoms with Crippen LogP contribution in [-0.4, -0.2) is 26.1 Å². The molecule has 0 bridgehead atoms. The van der Waals surface area contributed by atoms with Gasteiger partial charge < -0.3 is 5.32 Å². The van der Waals surface area contributed by atoms with Crippen LogP contribution >= 0.6 is 11.6 Å². The summed E-state index contributed by atoms with van der Waals surface area (Å²) in [6, 6.07) is 3.20. The molecule has 0 atom stereocenters. The molecule has 6 nitrogen and oxygen atoms in total. The molecule has 2 aromatic rings. The second kappa shape index (κ2) is 4.38. The Morgan fingerprint density at radius 1 is 1.50 bits per heavy atom. The number of aromatic amines is 1. The van der Waals surface area contributed by atoms with E-state index >= 15 is 0 Å². The number of pyridine rings is 1. The van der Waals surface area contributed by atoms with E-state index in [1.807, 2.05) is 0 Å². The minimum Gasteiger partial charge on any atom is -0.304 e. The van der Waals surface area contributed by atoms with Crippen molar-refractivity contribution in [2.75, 3.05) is 5.32 Å². The molecule has 0 aliphatic heterocycles. The molecule has 2 heterocycles. The summed E-state index contributed by atoms with van der Waals surface area (Å²) in [6.07, 6.45) is 3.73. The Labute approximate surface area is 108 Å². The Kier molecular flexibility index (Phi) is 2.71. The Morgan fingerprint density at radius 3 is 3.06 bits per heavy atom. The van der Waals surface area contributed by atoms with Crippen molar-refractivity contribution in [2.24, 2.45) is 0 Å². The zero-order chi connectivity index (χ0) is 12.5. The second-order valence-electron chi connectivity index (χ2n) is 4.13. The highest BCUT2D eigenvalue weighted by atomic mass is 35.5. The fourth-order valence-corrected chi connectivity index (χ4v) is 1.72. The van der Waals surface area contributed by atoms with Gasteiger partial charge in [0.15, 0.2) is 0 Å². The van der Waals surface area contributed by atoms with Gasteiger partial charge in [-0.3, -0.25) is 9.89 Å². The minimum absolute atomic E-state index is 0.124. The zero-order valence-electron chi connectivity index (χ0n) is 9.35. The van der Waals surface area contributed by atoms with E-state index in [9.17, 15) is 4.79 Å². The normalized spacial score (nSPS) is 14.5. The van der Waals surface area contributed by atoms with Crippen LogP contribution in [0.1, 0.15) is 35.2 Å². The summed E-state index contributed by atoms with van der Waals surface area (Å²) < 4.78 is 0. The van der Waals surface area contributed by atoms with Crippen LogP contribution < -0.4 is 5.32 Å². The summed E-state index contributed by atoms with van der Waals surface area (Å²) in [5.74, 6) is 1.32. The van der Waals surface area contributed by atoms with E-state index in [0.29, 0.717) is 16.8 Å². The van der Waals surface area contributed by atoms with Gasteiger partial charge in [-0.05, 0) is 25.0 Å². The van der Waals surface area contributed by atoms with Crippen LogP contribution in [0.4, 0.5) is 5.82 Å². The van der Waals surface area contributed by atoms with E-state index in [1.54, 1.807) is 12.1 Å². The third-order valence-corrected chi connectivity index (χ3v) is 2.87. The molecule has 0 unspecified atom stereocenters. The Bertz CT molecular complexity index is 593. The van der Waals surface area contributed by atoms with Crippen molar-refractivity contribution in [3.05, 3.63) is 35.0 Å². The molecule has 18 heavy (non-hydrogen) atoms. The van der Waals surface area contributed by atoms with Gasteiger partial charge in [-0.1, -0.05) is 11.6 Å². The van der Waals surface area contributed by atoms with Gasteiger partial charge in [-0.25, -0.2) is 9.97 Å². The van der Waals surface area contributed by atoms with Crippen LogP contribution in [0, 0.1) is 0 Å². The first-order valence-corrected chi connectivity index (χ1v) is 5.95. The topological polar surface area (TPSA) is 83.6 Å². The highest BCUT2D eigenvalue weighted by Crippen LogP contribution is 2.37. The van der Waals surface area contributed by atoms with Crippen molar-refractivity contribution in [2.45, 2.75) is 18.8 Å². The summed E-state index contributed by atoms with van der Waals surface area (Å²) in [7, 11) is 0. The number of hydrogen-bond donors (Lipinski definition) is 2. The van der Waals surface area contributed by atoms with E-state index in [4.69, 9.17) is 11.6 Å². The maximum Gasteiger partial charge on any atom is 0.296 e. The van der Waals surface area contributed by atoms with Gasteiger partial charge in [-0.2, -0.15) is 0 Å². The quantitative estimate of drug-likeness (QED) is 0.887. The molecule has 0 saturated heterocycles. The number of halogens is 1. The highest BCUT2D eigenvalue weighted by Gasteiger charge is 2.28. The first kappa shape index (κ1) is 11.2. The van der Waals surface area contributed by atoms with Crippen molar-refractivity contribution in [1.82, 2.24) is 20.2 Å². The lowest BCUT2D eigenvalue weighted by Crippen LogP contribution is -2.14. The molecule has 1 aliphatic rings. The molecule has 1 amide bonds. The van der Waals surface area contributed by atoms with E-state index < -0.39 is 5.91 Å². The fraction of sp³-hybridized carbons (Fsp3) is 0.273. The largest absolute Gasteiger partial charge is 0.304 e. The average Bonchev–Trinajstić information content (AvgIpc) is 3.07. The number of nitrogens with one attached hydrogen (secondary N) is 2. The smallest absolute Gasteiger partial charge is 0.296 e. The number of rotatable bonds is 3. The Hall–Kier alpha value is -1.95. The number of carbonyl (C=O) groups excluding carboxylic acids is 1. The molecule has 0 aromatic carbocycles. The van der Waals surface area contributed by atoms with Crippen LogP contribution in [0.5, 0.6) is 0 Å². The minimum atomic E-state index is -0.395. The number of amides is 1. The molecule has 1 saturated carbocycles. The molecule has 7 heteroatoms. The molecule has 0 radical (unpaired) electrons. The van der Waals surface area contributed by atoms with E-state index in [-0.39, 0.29) is 5.82 Å². The second-order valence-corrected chi connectivity index (χ2v) is 4.57. The first-order chi connectivity index (χ1) is 8.72. The van der Waals surface area contributed by atoms with Gasteiger partial charge >= 0.3 is 0 Å². The molecule has 3 rings (SSSR count). The predicted molar refractivity (Wildman–Crippen MR) is 65.6 cm³/mol. The van der Waals surface area contributed by atoms with Crippen molar-refractivity contribution in [3.63, 3.8) is 0 Å². The third-order valence-electron chi connectivity index (χ3n) is 2.63. The zero-order valence-corrected chi connectivity index (χ0v) is 10.1. The van der Waals surface area contributed by atoms with Crippen LogP contribution in [0.3, 0.4) is 0 Å². The lowest BCUT2D eigenvalue weighted by atomic mass is 10.4. The molecule has 2 N–H and O–H groups in total. The van der Waals surface area contributed by atoms with Gasteiger partial charge in [0.1, 0.15) is 11.6 Å². The molecule has 2 aromatic heterocycles. The lowest BCUT2D eigenvalue weighted by Gasteiger charge is -2.00. The highest BCUT2D eigenvalue weighted by molar-refractivity contribution is 6.30. The Morgan fingerprint density at radius 2 is 2.33 bits per heavy atom. The summed E-state index contributed by atoms with van der Waals surface area (Å²) in [4.78, 5) is 20.0. The van der Waals surface area contributed by atoms with Gasteiger partial charge in [0, 0.05) is 17.1 Å². The SMILES string of the molecule is O=C(Nc1cc(Cl)ccn1)c1n[nH]c(C2CC2)n1. The number of H-pyrrole nitrogens is 1. The average molecular weight is 264 g/mol. The van der Waals surface area contributed by atoms with Crippen molar-refractivity contribution >= 4 is 23.3 Å². The predicted octanol–water partition coefficient (Wildman–Crippen LogP) is 1.98. The Balaban J connectivity index is 1.73. The van der Waals surface area contributed by atoms with Crippen molar-refractivity contribution < 1.29 is 4.79 Å². The number of carbonyl (C=O) groups is 1. The van der Waals surface area contributed by atoms with Gasteiger partial charge in [0.25, 0.3) is 5.91 Å². The maximum absolute atomic E-state index is 11.8. The number of aromatic nitrogens is 4. The molecule has 1 aliphatic carbocycles. The fourth-order valence-electron chi connectivity index (χ4n) is 1.56. The molecule has 1 fully saturated rings.